The van der Waals surface area contributed by atoms with Crippen LogP contribution in [-0.4, -0.2) is 104 Å². The summed E-state index contributed by atoms with van der Waals surface area (Å²) >= 11 is 0. The predicted octanol–water partition coefficient (Wildman–Crippen LogP) is 4.22. The van der Waals surface area contributed by atoms with E-state index in [-0.39, 0.29) is 24.5 Å². The van der Waals surface area contributed by atoms with Gasteiger partial charge in [0.2, 0.25) is 17.7 Å². The van der Waals surface area contributed by atoms with E-state index in [9.17, 15) is 9.59 Å². The summed E-state index contributed by atoms with van der Waals surface area (Å²) in [6, 6.07) is 18.3. The average molecular weight is 701 g/mol. The Morgan fingerprint density at radius 2 is 1.79 bits per heavy atom. The summed E-state index contributed by atoms with van der Waals surface area (Å²) in [4.78, 5) is 47.2. The van der Waals surface area contributed by atoms with Gasteiger partial charge in [0.15, 0.2) is 5.82 Å². The van der Waals surface area contributed by atoms with E-state index >= 15 is 0 Å². The van der Waals surface area contributed by atoms with Gasteiger partial charge in [-0.1, -0.05) is 36.4 Å². The zero-order valence-electron chi connectivity index (χ0n) is 29.7. The zero-order valence-corrected chi connectivity index (χ0v) is 29.7. The second-order valence-corrected chi connectivity index (χ2v) is 14.5. The Kier molecular flexibility index (Phi) is 9.18. The number of ether oxygens (including phenoxy) is 1. The molecule has 2 fully saturated rings. The third-order valence-corrected chi connectivity index (χ3v) is 10.7. The number of aromatic nitrogens is 4. The minimum atomic E-state index is -0.458. The molecule has 12 nitrogen and oxygen atoms in total. The maximum Gasteiger partial charge on any atom is 0.237 e. The minimum Gasteiger partial charge on any atom is -0.475 e. The van der Waals surface area contributed by atoms with Crippen LogP contribution in [0.3, 0.4) is 0 Å². The van der Waals surface area contributed by atoms with E-state index in [4.69, 9.17) is 14.8 Å². The SMILES string of the molecule is CC(C)Oc1ccc(C2=NCc3ccc(N4CC[C@]5(CCN(CC(=O)N6CC=C(c7ccc(-c8ncn(CCO)n8)cc7)CC6)C5)C4=O)cc32)cn1. The summed E-state index contributed by atoms with van der Waals surface area (Å²) < 4.78 is 7.34. The van der Waals surface area contributed by atoms with Gasteiger partial charge >= 0.3 is 0 Å². The van der Waals surface area contributed by atoms with Gasteiger partial charge < -0.3 is 19.6 Å². The second kappa shape index (κ2) is 14.1. The van der Waals surface area contributed by atoms with Crippen molar-refractivity contribution in [1.29, 1.82) is 0 Å². The lowest BCUT2D eigenvalue weighted by Gasteiger charge is -2.29. The standard InChI is InChI=1S/C40H44N8O4/c1-27(2)52-35-10-8-32(23-41-35)37-34-21-33(9-7-31(34)22-42-37)48-18-14-40(39(48)51)13-17-45(25-40)24-36(50)46-15-11-29(12-16-46)28-3-5-30(6-4-28)38-43-26-47(44-38)19-20-49/h3-11,21,23,26-27,49H,12-20,22,24-25H2,1-2H3/t40-/m0/s1. The van der Waals surface area contributed by atoms with Crippen molar-refractivity contribution in [3.63, 3.8) is 0 Å². The normalized spacial score (nSPS) is 20.2. The van der Waals surface area contributed by atoms with Gasteiger partial charge in [-0.15, -0.1) is 0 Å². The summed E-state index contributed by atoms with van der Waals surface area (Å²) in [5, 5.41) is 13.5. The molecule has 52 heavy (non-hydrogen) atoms. The number of hydrogen-bond donors (Lipinski definition) is 1. The smallest absolute Gasteiger partial charge is 0.237 e. The fraction of sp³-hybridized carbons (Fsp3) is 0.400. The highest BCUT2D eigenvalue weighted by molar-refractivity contribution is 6.16. The molecule has 4 aliphatic rings. The molecule has 1 N–H and O–H groups in total. The topological polar surface area (TPSA) is 129 Å². The maximum absolute atomic E-state index is 14.1. The van der Waals surface area contributed by atoms with Crippen molar-refractivity contribution in [2.75, 3.05) is 50.8 Å². The Morgan fingerprint density at radius 3 is 2.54 bits per heavy atom. The molecule has 2 aromatic carbocycles. The van der Waals surface area contributed by atoms with E-state index in [0.717, 1.165) is 65.0 Å². The van der Waals surface area contributed by atoms with Crippen molar-refractivity contribution in [1.82, 2.24) is 29.5 Å². The lowest BCUT2D eigenvalue weighted by Crippen LogP contribution is -2.43. The average Bonchev–Trinajstić information content (AvgIpc) is 3.96. The molecule has 268 valence electrons. The quantitative estimate of drug-likeness (QED) is 0.261. The highest BCUT2D eigenvalue weighted by Gasteiger charge is 2.51. The van der Waals surface area contributed by atoms with Gasteiger partial charge in [-0.2, -0.15) is 5.10 Å². The number of aliphatic imine (C=N–C) groups is 1. The maximum atomic E-state index is 14.1. The van der Waals surface area contributed by atoms with Gasteiger partial charge in [-0.25, -0.2) is 9.97 Å². The van der Waals surface area contributed by atoms with Gasteiger partial charge in [0.1, 0.15) is 6.33 Å². The summed E-state index contributed by atoms with van der Waals surface area (Å²) in [6.45, 7) is 8.58. The van der Waals surface area contributed by atoms with Crippen molar-refractivity contribution < 1.29 is 19.4 Å². The van der Waals surface area contributed by atoms with Crippen LogP contribution in [0.4, 0.5) is 5.69 Å². The minimum absolute atomic E-state index is 0.0197. The number of fused-ring (bicyclic) bond motifs is 1. The van der Waals surface area contributed by atoms with Gasteiger partial charge in [0.25, 0.3) is 0 Å². The van der Waals surface area contributed by atoms with Gasteiger partial charge in [0.05, 0.1) is 43.5 Å². The highest BCUT2D eigenvalue weighted by atomic mass is 16.5. The molecule has 1 atom stereocenters. The highest BCUT2D eigenvalue weighted by Crippen LogP contribution is 2.43. The molecule has 0 radical (unpaired) electrons. The Labute approximate surface area is 303 Å². The molecular weight excluding hydrogens is 656 g/mol. The first kappa shape index (κ1) is 33.9. The van der Waals surface area contributed by atoms with Crippen molar-refractivity contribution in [3.05, 3.63) is 95.5 Å². The molecule has 2 saturated heterocycles. The molecule has 2 amide bonds. The van der Waals surface area contributed by atoms with Crippen molar-refractivity contribution in [3.8, 4) is 17.3 Å². The van der Waals surface area contributed by atoms with E-state index < -0.39 is 5.41 Å². The van der Waals surface area contributed by atoms with Crippen LogP contribution >= 0.6 is 0 Å². The van der Waals surface area contributed by atoms with Crippen LogP contribution < -0.4 is 9.64 Å². The van der Waals surface area contributed by atoms with Gasteiger partial charge in [-0.3, -0.25) is 24.2 Å². The number of carbonyl (C=O) groups is 2. The van der Waals surface area contributed by atoms with Crippen LogP contribution in [-0.2, 0) is 22.7 Å². The third kappa shape index (κ3) is 6.64. The van der Waals surface area contributed by atoms with Crippen molar-refractivity contribution in [2.24, 2.45) is 10.4 Å². The Hall–Kier alpha value is -5.20. The third-order valence-electron chi connectivity index (χ3n) is 10.7. The summed E-state index contributed by atoms with van der Waals surface area (Å²) in [5.74, 6) is 1.48. The van der Waals surface area contributed by atoms with E-state index in [1.807, 2.05) is 54.0 Å². The number of carbonyl (C=O) groups excluding carboxylic acids is 2. The van der Waals surface area contributed by atoms with E-state index in [1.165, 1.54) is 5.57 Å². The second-order valence-electron chi connectivity index (χ2n) is 14.5. The Morgan fingerprint density at radius 1 is 0.981 bits per heavy atom. The fourth-order valence-electron chi connectivity index (χ4n) is 7.88. The van der Waals surface area contributed by atoms with Gasteiger partial charge in [-0.05, 0) is 74.6 Å². The lowest BCUT2D eigenvalue weighted by molar-refractivity contribution is -0.132. The number of aliphatic hydroxyl groups is 1. The molecule has 6 heterocycles. The van der Waals surface area contributed by atoms with E-state index in [1.54, 1.807) is 17.2 Å². The fourth-order valence-corrected chi connectivity index (χ4v) is 7.88. The molecule has 0 bridgehead atoms. The number of rotatable bonds is 10. The van der Waals surface area contributed by atoms with Gasteiger partial charge in [0, 0.05) is 60.8 Å². The number of aliphatic hydroxyl groups excluding tert-OH is 1. The van der Waals surface area contributed by atoms with E-state index in [0.29, 0.717) is 57.5 Å². The number of anilines is 1. The van der Waals surface area contributed by atoms with Crippen LogP contribution in [0.5, 0.6) is 5.88 Å². The number of nitrogens with zero attached hydrogens (tertiary/aromatic N) is 8. The van der Waals surface area contributed by atoms with Crippen LogP contribution in [0.25, 0.3) is 17.0 Å². The molecule has 0 unspecified atom stereocenters. The first-order chi connectivity index (χ1) is 25.3. The van der Waals surface area contributed by atoms with Crippen LogP contribution in [0.2, 0.25) is 0 Å². The molecule has 8 rings (SSSR count). The molecule has 0 aliphatic carbocycles. The summed E-state index contributed by atoms with van der Waals surface area (Å²) in [5.41, 5.74) is 7.72. The van der Waals surface area contributed by atoms with E-state index in [2.05, 4.69) is 50.3 Å². The summed E-state index contributed by atoms with van der Waals surface area (Å²) in [6.07, 6.45) is 7.96. The molecule has 1 spiro atoms. The largest absolute Gasteiger partial charge is 0.475 e. The van der Waals surface area contributed by atoms with Crippen LogP contribution in [0.15, 0.2) is 78.2 Å². The molecule has 12 heteroatoms. The molecular formula is C40H44N8O4. The van der Waals surface area contributed by atoms with Crippen molar-refractivity contribution in [2.45, 2.75) is 52.3 Å². The Bertz CT molecular complexity index is 2040. The number of benzene rings is 2. The molecule has 2 aromatic heterocycles. The number of hydrogen-bond acceptors (Lipinski definition) is 9. The number of amides is 2. The predicted molar refractivity (Wildman–Crippen MR) is 198 cm³/mol. The Balaban J connectivity index is 0.864. The first-order valence-corrected chi connectivity index (χ1v) is 18.2. The molecule has 0 saturated carbocycles. The monoisotopic (exact) mass is 700 g/mol. The number of likely N-dealkylation sites (tertiary alicyclic amines) is 1. The first-order valence-electron chi connectivity index (χ1n) is 18.2. The van der Waals surface area contributed by atoms with Crippen molar-refractivity contribution >= 4 is 28.8 Å². The molecule has 4 aromatic rings. The number of pyridine rings is 1. The van der Waals surface area contributed by atoms with Crippen LogP contribution in [0, 0.1) is 5.41 Å². The summed E-state index contributed by atoms with van der Waals surface area (Å²) in [7, 11) is 0. The zero-order chi connectivity index (χ0) is 35.8. The lowest BCUT2D eigenvalue weighted by atomic mass is 9.85. The van der Waals surface area contributed by atoms with Crippen LogP contribution in [0.1, 0.15) is 55.4 Å². The molecule has 4 aliphatic heterocycles.